The Labute approximate surface area is 162 Å². The lowest BCUT2D eigenvalue weighted by atomic mass is 10.0. The Bertz CT molecular complexity index is 755. The monoisotopic (exact) mass is 369 g/mol. The van der Waals surface area contributed by atoms with Crippen molar-refractivity contribution >= 4 is 5.97 Å². The summed E-state index contributed by atoms with van der Waals surface area (Å²) in [7, 11) is 0. The highest BCUT2D eigenvalue weighted by molar-refractivity contribution is 5.66. The van der Waals surface area contributed by atoms with Crippen LogP contribution in [0.4, 0.5) is 0 Å². The number of ether oxygens (including phenoxy) is 1. The van der Waals surface area contributed by atoms with Crippen molar-refractivity contribution < 1.29 is 14.6 Å². The second kappa shape index (κ2) is 10.1. The van der Waals surface area contributed by atoms with Gasteiger partial charge in [0.1, 0.15) is 5.75 Å². The molecule has 0 atom stereocenters. The topological polar surface area (TPSA) is 49.8 Å². The normalized spacial score (nSPS) is 11.2. The molecular formula is C23H31NO3. The zero-order valence-electron chi connectivity index (χ0n) is 16.9. The molecule has 0 heterocycles. The lowest BCUT2D eigenvalue weighted by molar-refractivity contribution is -0.137. The molecule has 1 N–H and O–H groups in total. The summed E-state index contributed by atoms with van der Waals surface area (Å²) < 4.78 is 5.83. The highest BCUT2D eigenvalue weighted by atomic mass is 16.5. The van der Waals surface area contributed by atoms with Crippen LogP contribution < -0.4 is 4.74 Å². The summed E-state index contributed by atoms with van der Waals surface area (Å²) in [4.78, 5) is 13.3. The number of carboxylic acid groups (broad SMARTS) is 1. The lowest BCUT2D eigenvalue weighted by Crippen LogP contribution is -2.26. The van der Waals surface area contributed by atoms with Gasteiger partial charge in [0.15, 0.2) is 0 Å². The second-order valence-corrected chi connectivity index (χ2v) is 7.64. The van der Waals surface area contributed by atoms with Crippen LogP contribution in [0, 0.1) is 19.8 Å². The Balaban J connectivity index is 2.13. The first kappa shape index (κ1) is 21.0. The minimum Gasteiger partial charge on any atom is -0.493 e. The molecule has 0 unspecified atom stereocenters. The van der Waals surface area contributed by atoms with Crippen molar-refractivity contribution in [1.29, 1.82) is 0 Å². The predicted octanol–water partition coefficient (Wildman–Crippen LogP) is 4.82. The number of carbonyl (C=O) groups is 1. The summed E-state index contributed by atoms with van der Waals surface area (Å²) >= 11 is 0. The van der Waals surface area contributed by atoms with Gasteiger partial charge >= 0.3 is 5.97 Å². The van der Waals surface area contributed by atoms with Crippen molar-refractivity contribution in [3.8, 4) is 5.75 Å². The smallest absolute Gasteiger partial charge is 0.304 e. The molecule has 0 aliphatic carbocycles. The molecule has 2 aromatic rings. The Morgan fingerprint density at radius 2 is 1.89 bits per heavy atom. The third-order valence-electron chi connectivity index (χ3n) is 4.43. The van der Waals surface area contributed by atoms with Crippen LogP contribution in [-0.2, 0) is 17.9 Å². The fourth-order valence-corrected chi connectivity index (χ4v) is 2.93. The zero-order valence-corrected chi connectivity index (χ0v) is 16.9. The van der Waals surface area contributed by atoms with Crippen molar-refractivity contribution in [3.63, 3.8) is 0 Å². The minimum absolute atomic E-state index is 0.133. The van der Waals surface area contributed by atoms with Crippen LogP contribution in [0.5, 0.6) is 5.75 Å². The van der Waals surface area contributed by atoms with Crippen LogP contribution >= 0.6 is 0 Å². The van der Waals surface area contributed by atoms with E-state index in [0.717, 1.165) is 17.9 Å². The standard InChI is InChI=1S/C23H31NO3/c1-17(2)16-27-22-7-5-6-20(13-22)14-24(11-10-23(25)26)15-21-12-18(3)8-9-19(21)4/h5-9,12-13,17H,10-11,14-16H2,1-4H3,(H,25,26). The van der Waals surface area contributed by atoms with Gasteiger partial charge in [-0.05, 0) is 48.6 Å². The molecule has 4 nitrogen and oxygen atoms in total. The van der Waals surface area contributed by atoms with Crippen molar-refractivity contribution in [2.75, 3.05) is 13.2 Å². The summed E-state index contributed by atoms with van der Waals surface area (Å²) in [6.45, 7) is 11.1. The molecule has 27 heavy (non-hydrogen) atoms. The van der Waals surface area contributed by atoms with Gasteiger partial charge in [0.2, 0.25) is 0 Å². The molecule has 0 fully saturated rings. The highest BCUT2D eigenvalue weighted by Crippen LogP contribution is 2.19. The Morgan fingerprint density at radius 3 is 2.59 bits per heavy atom. The van der Waals surface area contributed by atoms with Gasteiger partial charge in [0.05, 0.1) is 13.0 Å². The van der Waals surface area contributed by atoms with E-state index in [2.05, 4.69) is 62.9 Å². The summed E-state index contributed by atoms with van der Waals surface area (Å²) in [5.41, 5.74) is 4.83. The van der Waals surface area contributed by atoms with Crippen molar-refractivity contribution in [1.82, 2.24) is 4.90 Å². The third kappa shape index (κ3) is 7.43. The molecule has 0 bridgehead atoms. The van der Waals surface area contributed by atoms with Gasteiger partial charge < -0.3 is 9.84 Å². The summed E-state index contributed by atoms with van der Waals surface area (Å²) in [5.74, 6) is 0.575. The van der Waals surface area contributed by atoms with E-state index >= 15 is 0 Å². The van der Waals surface area contributed by atoms with Crippen molar-refractivity contribution in [3.05, 3.63) is 64.7 Å². The van der Waals surface area contributed by atoms with Crippen molar-refractivity contribution in [2.45, 2.75) is 47.2 Å². The van der Waals surface area contributed by atoms with Crippen LogP contribution in [0.1, 0.15) is 42.5 Å². The number of carboxylic acids is 1. The lowest BCUT2D eigenvalue weighted by Gasteiger charge is -2.23. The minimum atomic E-state index is -0.769. The van der Waals surface area contributed by atoms with E-state index in [-0.39, 0.29) is 6.42 Å². The Hall–Kier alpha value is -2.33. The van der Waals surface area contributed by atoms with Gasteiger partial charge in [-0.15, -0.1) is 0 Å². The number of aryl methyl sites for hydroxylation is 2. The fraction of sp³-hybridized carbons (Fsp3) is 0.435. The molecule has 2 rings (SSSR count). The molecule has 0 spiro atoms. The van der Waals surface area contributed by atoms with Crippen molar-refractivity contribution in [2.24, 2.45) is 5.92 Å². The molecule has 4 heteroatoms. The molecule has 0 aliphatic heterocycles. The summed E-state index contributed by atoms with van der Waals surface area (Å²) in [6, 6.07) is 14.5. The van der Waals surface area contributed by atoms with Gasteiger partial charge in [0.25, 0.3) is 0 Å². The number of aliphatic carboxylic acids is 1. The maximum atomic E-state index is 11.1. The first-order valence-electron chi connectivity index (χ1n) is 9.55. The molecule has 0 saturated carbocycles. The van der Waals surface area contributed by atoms with Crippen LogP contribution in [0.2, 0.25) is 0 Å². The van der Waals surface area contributed by atoms with E-state index in [1.807, 2.05) is 12.1 Å². The zero-order chi connectivity index (χ0) is 19.8. The molecule has 2 aromatic carbocycles. The molecule has 0 amide bonds. The number of rotatable bonds is 10. The van der Waals surface area contributed by atoms with Crippen LogP contribution in [-0.4, -0.2) is 29.1 Å². The van der Waals surface area contributed by atoms with E-state index in [9.17, 15) is 4.79 Å². The Kier molecular flexibility index (Phi) is 7.86. The third-order valence-corrected chi connectivity index (χ3v) is 4.43. The van der Waals surface area contributed by atoms with Crippen LogP contribution in [0.25, 0.3) is 0 Å². The quantitative estimate of drug-likeness (QED) is 0.653. The van der Waals surface area contributed by atoms with E-state index in [0.29, 0.717) is 25.6 Å². The number of hydrogen-bond donors (Lipinski definition) is 1. The first-order valence-corrected chi connectivity index (χ1v) is 9.55. The highest BCUT2D eigenvalue weighted by Gasteiger charge is 2.12. The van der Waals surface area contributed by atoms with Gasteiger partial charge in [0, 0.05) is 19.6 Å². The summed E-state index contributed by atoms with van der Waals surface area (Å²) in [6.07, 6.45) is 0.133. The molecule has 0 aromatic heterocycles. The SMILES string of the molecule is Cc1ccc(C)c(CN(CCC(=O)O)Cc2cccc(OCC(C)C)c2)c1. The van der Waals surface area contributed by atoms with Gasteiger partial charge in [-0.3, -0.25) is 9.69 Å². The molecule has 0 radical (unpaired) electrons. The maximum absolute atomic E-state index is 11.1. The fourth-order valence-electron chi connectivity index (χ4n) is 2.93. The average molecular weight is 370 g/mol. The van der Waals surface area contributed by atoms with Crippen LogP contribution in [0.15, 0.2) is 42.5 Å². The van der Waals surface area contributed by atoms with Gasteiger partial charge in [-0.25, -0.2) is 0 Å². The van der Waals surface area contributed by atoms with Gasteiger partial charge in [-0.2, -0.15) is 0 Å². The van der Waals surface area contributed by atoms with E-state index in [1.54, 1.807) is 0 Å². The number of nitrogens with zero attached hydrogens (tertiary/aromatic N) is 1. The number of benzene rings is 2. The van der Waals surface area contributed by atoms with Crippen LogP contribution in [0.3, 0.4) is 0 Å². The first-order chi connectivity index (χ1) is 12.8. The summed E-state index contributed by atoms with van der Waals surface area (Å²) in [5, 5.41) is 9.11. The van der Waals surface area contributed by atoms with E-state index in [1.165, 1.54) is 16.7 Å². The molecule has 0 saturated heterocycles. The average Bonchev–Trinajstić information content (AvgIpc) is 2.61. The number of hydrogen-bond acceptors (Lipinski definition) is 3. The maximum Gasteiger partial charge on any atom is 0.304 e. The second-order valence-electron chi connectivity index (χ2n) is 7.64. The predicted molar refractivity (Wildman–Crippen MR) is 109 cm³/mol. The largest absolute Gasteiger partial charge is 0.493 e. The van der Waals surface area contributed by atoms with E-state index in [4.69, 9.17) is 9.84 Å². The Morgan fingerprint density at radius 1 is 1.11 bits per heavy atom. The van der Waals surface area contributed by atoms with Gasteiger partial charge in [-0.1, -0.05) is 49.7 Å². The van der Waals surface area contributed by atoms with E-state index < -0.39 is 5.97 Å². The molecular weight excluding hydrogens is 338 g/mol. The molecule has 0 aliphatic rings. The molecule has 146 valence electrons.